The van der Waals surface area contributed by atoms with Crippen LogP contribution in [0, 0.1) is 0 Å². The van der Waals surface area contributed by atoms with Gasteiger partial charge in [-0.15, -0.1) is 0 Å². The molecule has 33 heavy (non-hydrogen) atoms. The summed E-state index contributed by atoms with van der Waals surface area (Å²) in [6, 6.07) is 23.6. The lowest BCUT2D eigenvalue weighted by Gasteiger charge is -2.11. The minimum Gasteiger partial charge on any atom is -0.364 e. The molecule has 0 spiro atoms. The normalized spacial score (nSPS) is 11.8. The summed E-state index contributed by atoms with van der Waals surface area (Å²) in [7, 11) is -3.86. The molecule has 0 fully saturated rings. The lowest BCUT2D eigenvalue weighted by Crippen LogP contribution is -2.33. The van der Waals surface area contributed by atoms with Gasteiger partial charge in [0.25, 0.3) is 15.9 Å². The topological polar surface area (TPSA) is 107 Å². The van der Waals surface area contributed by atoms with Crippen LogP contribution in [0.4, 0.5) is 14.5 Å². The number of amides is 1. The Morgan fingerprint density at radius 1 is 0.909 bits per heavy atom. The second-order valence-electron chi connectivity index (χ2n) is 7.10. The van der Waals surface area contributed by atoms with Gasteiger partial charge >= 0.3 is 5.92 Å². The Morgan fingerprint density at radius 2 is 1.48 bits per heavy atom. The van der Waals surface area contributed by atoms with Gasteiger partial charge < -0.3 is 5.73 Å². The first kappa shape index (κ1) is 22.2. The molecule has 0 saturated carbocycles. The van der Waals surface area contributed by atoms with Crippen molar-refractivity contribution < 1.29 is 22.0 Å². The molecule has 168 valence electrons. The van der Waals surface area contributed by atoms with Crippen LogP contribution in [0.1, 0.15) is 5.69 Å². The first-order valence-corrected chi connectivity index (χ1v) is 11.2. The van der Waals surface area contributed by atoms with Crippen LogP contribution in [-0.2, 0) is 20.7 Å². The smallest absolute Gasteiger partial charge is 0.364 e. The summed E-state index contributed by atoms with van der Waals surface area (Å²) in [5.74, 6) is -5.79. The summed E-state index contributed by atoms with van der Waals surface area (Å²) in [6.07, 6.45) is 0. The monoisotopic (exact) mass is 468 g/mol. The lowest BCUT2D eigenvalue weighted by atomic mass is 10.1. The summed E-state index contributed by atoms with van der Waals surface area (Å²) >= 11 is 0. The van der Waals surface area contributed by atoms with E-state index in [4.69, 9.17) is 5.73 Å². The molecule has 3 N–H and O–H groups in total. The third kappa shape index (κ3) is 4.46. The van der Waals surface area contributed by atoms with Crippen molar-refractivity contribution in [1.29, 1.82) is 0 Å². The third-order valence-corrected chi connectivity index (χ3v) is 6.22. The molecule has 4 rings (SSSR count). The van der Waals surface area contributed by atoms with Crippen molar-refractivity contribution in [3.63, 3.8) is 0 Å². The van der Waals surface area contributed by atoms with Crippen LogP contribution in [0.3, 0.4) is 0 Å². The number of sulfonamides is 1. The summed E-state index contributed by atoms with van der Waals surface area (Å²) in [5.41, 5.74) is 5.62. The number of carbonyl (C=O) groups excluding carboxylic acids is 1. The van der Waals surface area contributed by atoms with Crippen molar-refractivity contribution >= 4 is 21.6 Å². The molecule has 1 heterocycles. The van der Waals surface area contributed by atoms with Crippen molar-refractivity contribution in [2.45, 2.75) is 10.8 Å². The van der Waals surface area contributed by atoms with E-state index < -0.39 is 27.5 Å². The predicted octanol–water partition coefficient (Wildman–Crippen LogP) is 3.92. The van der Waals surface area contributed by atoms with Gasteiger partial charge in [0.15, 0.2) is 0 Å². The molecule has 10 heteroatoms. The molecule has 0 aliphatic heterocycles. The molecule has 0 unspecified atom stereocenters. The maximum absolute atomic E-state index is 14.3. The van der Waals surface area contributed by atoms with Crippen LogP contribution in [0.5, 0.6) is 0 Å². The Bertz CT molecular complexity index is 1390. The van der Waals surface area contributed by atoms with Crippen molar-refractivity contribution in [3.8, 4) is 16.9 Å². The average Bonchev–Trinajstić information content (AvgIpc) is 3.26. The number of para-hydroxylation sites is 1. The number of nitrogens with one attached hydrogen (secondary N) is 1. The van der Waals surface area contributed by atoms with Gasteiger partial charge in [0.2, 0.25) is 0 Å². The number of halogens is 2. The van der Waals surface area contributed by atoms with Crippen LogP contribution < -0.4 is 10.5 Å². The summed E-state index contributed by atoms with van der Waals surface area (Å²) < 4.78 is 57.6. The highest BCUT2D eigenvalue weighted by Gasteiger charge is 2.42. The SMILES string of the molecule is NC(=O)C(F)(F)c1cc(-c2ccccc2)n(-c2ccc(S(=O)(=O)Nc3ccccc3)cc2)n1. The zero-order chi connectivity index (χ0) is 23.6. The van der Waals surface area contributed by atoms with Gasteiger partial charge in [-0.25, -0.2) is 13.1 Å². The fourth-order valence-corrected chi connectivity index (χ4v) is 4.22. The number of hydrogen-bond donors (Lipinski definition) is 2. The number of hydrogen-bond acceptors (Lipinski definition) is 4. The molecule has 4 aromatic rings. The fourth-order valence-electron chi connectivity index (χ4n) is 3.16. The molecule has 1 aromatic heterocycles. The zero-order valence-electron chi connectivity index (χ0n) is 17.0. The Labute approximate surface area is 188 Å². The second-order valence-corrected chi connectivity index (χ2v) is 8.78. The van der Waals surface area contributed by atoms with Crippen molar-refractivity contribution in [3.05, 3.63) is 96.7 Å². The van der Waals surface area contributed by atoms with E-state index in [2.05, 4.69) is 9.82 Å². The maximum Gasteiger partial charge on any atom is 0.367 e. The standard InChI is InChI=1S/C23H18F2N4O3S/c24-23(25,22(26)30)21-15-20(16-7-3-1-4-8-16)29(27-21)18-11-13-19(14-12-18)33(31,32)28-17-9-5-2-6-10-17/h1-15,28H,(H2,26,30). The van der Waals surface area contributed by atoms with Crippen molar-refractivity contribution in [2.24, 2.45) is 5.73 Å². The van der Waals surface area contributed by atoms with Crippen molar-refractivity contribution in [1.82, 2.24) is 9.78 Å². The first-order valence-electron chi connectivity index (χ1n) is 9.70. The number of anilines is 1. The van der Waals surface area contributed by atoms with Gasteiger partial charge in [-0.1, -0.05) is 48.5 Å². The van der Waals surface area contributed by atoms with Crippen LogP contribution in [-0.4, -0.2) is 24.1 Å². The predicted molar refractivity (Wildman–Crippen MR) is 119 cm³/mol. The molecule has 0 bridgehead atoms. The number of nitrogens with two attached hydrogens (primary N) is 1. The van der Waals surface area contributed by atoms with Crippen LogP contribution in [0.25, 0.3) is 16.9 Å². The van der Waals surface area contributed by atoms with Gasteiger partial charge in [-0.3, -0.25) is 9.52 Å². The lowest BCUT2D eigenvalue weighted by molar-refractivity contribution is -0.143. The second kappa shape index (κ2) is 8.47. The Kier molecular flexibility index (Phi) is 5.69. The number of nitrogens with zero attached hydrogens (tertiary/aromatic N) is 2. The van der Waals surface area contributed by atoms with Gasteiger partial charge in [0.1, 0.15) is 5.69 Å². The molecule has 0 atom stereocenters. The van der Waals surface area contributed by atoms with E-state index in [0.717, 1.165) is 6.07 Å². The van der Waals surface area contributed by atoms with Crippen molar-refractivity contribution in [2.75, 3.05) is 4.72 Å². The Balaban J connectivity index is 1.74. The van der Waals surface area contributed by atoms with E-state index in [0.29, 0.717) is 16.9 Å². The average molecular weight is 468 g/mol. The summed E-state index contributed by atoms with van der Waals surface area (Å²) in [6.45, 7) is 0. The van der Waals surface area contributed by atoms with Gasteiger partial charge in [0.05, 0.1) is 16.3 Å². The first-order chi connectivity index (χ1) is 15.7. The number of benzene rings is 3. The molecule has 0 aliphatic carbocycles. The van der Waals surface area contributed by atoms with E-state index in [1.807, 2.05) is 0 Å². The molecule has 0 radical (unpaired) electrons. The number of carbonyl (C=O) groups is 1. The number of aromatic nitrogens is 2. The molecule has 3 aromatic carbocycles. The quantitative estimate of drug-likeness (QED) is 0.429. The summed E-state index contributed by atoms with van der Waals surface area (Å²) in [4.78, 5) is 11.2. The minimum atomic E-state index is -3.97. The zero-order valence-corrected chi connectivity index (χ0v) is 17.8. The molecule has 0 saturated heterocycles. The van der Waals surface area contributed by atoms with E-state index >= 15 is 0 Å². The van der Waals surface area contributed by atoms with Gasteiger partial charge in [0, 0.05) is 11.3 Å². The van der Waals surface area contributed by atoms with Crippen LogP contribution in [0.15, 0.2) is 95.9 Å². The van der Waals surface area contributed by atoms with E-state index in [9.17, 15) is 22.0 Å². The molecule has 1 amide bonds. The highest BCUT2D eigenvalue weighted by Crippen LogP contribution is 2.32. The molecule has 7 nitrogen and oxygen atoms in total. The Hall–Kier alpha value is -4.05. The largest absolute Gasteiger partial charge is 0.367 e. The van der Waals surface area contributed by atoms with E-state index in [-0.39, 0.29) is 10.6 Å². The highest BCUT2D eigenvalue weighted by atomic mass is 32.2. The molecular weight excluding hydrogens is 450 g/mol. The fraction of sp³-hybridized carbons (Fsp3) is 0.0435. The van der Waals surface area contributed by atoms with Gasteiger partial charge in [-0.2, -0.15) is 13.9 Å². The number of primary amides is 1. The number of alkyl halides is 2. The Morgan fingerprint density at radius 3 is 2.06 bits per heavy atom. The summed E-state index contributed by atoms with van der Waals surface area (Å²) in [5, 5.41) is 3.91. The minimum absolute atomic E-state index is 0.0220. The van der Waals surface area contributed by atoms with Crippen LogP contribution >= 0.6 is 0 Å². The number of rotatable bonds is 7. The molecular formula is C23H18F2N4O3S. The highest BCUT2D eigenvalue weighted by molar-refractivity contribution is 7.92. The van der Waals surface area contributed by atoms with E-state index in [1.165, 1.54) is 28.9 Å². The maximum atomic E-state index is 14.3. The third-order valence-electron chi connectivity index (χ3n) is 4.83. The van der Waals surface area contributed by atoms with Crippen LogP contribution in [0.2, 0.25) is 0 Å². The van der Waals surface area contributed by atoms with Gasteiger partial charge in [-0.05, 0) is 42.5 Å². The van der Waals surface area contributed by atoms with E-state index in [1.54, 1.807) is 60.7 Å². The molecule has 0 aliphatic rings.